The molecule has 0 radical (unpaired) electrons. The molecule has 0 saturated carbocycles. The van der Waals surface area contributed by atoms with Crippen molar-refractivity contribution in [3.8, 4) is 0 Å². The van der Waals surface area contributed by atoms with Gasteiger partial charge in [0.1, 0.15) is 11.1 Å². The number of hydrogen-bond donors (Lipinski definition) is 1. The van der Waals surface area contributed by atoms with E-state index in [1.165, 1.54) is 18.3 Å². The first-order valence-corrected chi connectivity index (χ1v) is 7.20. The van der Waals surface area contributed by atoms with Gasteiger partial charge in [-0.15, -0.1) is 24.8 Å². The molecule has 0 saturated heterocycles. The van der Waals surface area contributed by atoms with Crippen LogP contribution in [0.1, 0.15) is 10.8 Å². The highest BCUT2D eigenvalue weighted by atomic mass is 35.5. The van der Waals surface area contributed by atoms with Gasteiger partial charge in [0.25, 0.3) is 0 Å². The summed E-state index contributed by atoms with van der Waals surface area (Å²) in [5.41, 5.74) is 6.10. The minimum absolute atomic E-state index is 0. The largest absolute Gasteiger partial charge is 0.329 e. The summed E-state index contributed by atoms with van der Waals surface area (Å²) in [6.07, 6.45) is 3.03. The van der Waals surface area contributed by atoms with E-state index < -0.39 is 20.9 Å². The standard InChI is InChI=1S/C13H13FN2O2S.2ClH/c14-11-3-5-12(6-4-11)19(17,18)13(8-15)10-2-1-7-16-9-10;;/h1-7,9,13H,8,15H2;2*1H. The Hall–Kier alpha value is -1.21. The van der Waals surface area contributed by atoms with Crippen molar-refractivity contribution in [1.29, 1.82) is 0 Å². The van der Waals surface area contributed by atoms with Crippen molar-refractivity contribution < 1.29 is 12.8 Å². The summed E-state index contributed by atoms with van der Waals surface area (Å²) < 4.78 is 37.7. The number of hydrogen-bond acceptors (Lipinski definition) is 4. The molecule has 0 amide bonds. The minimum atomic E-state index is -3.65. The molecule has 8 heteroatoms. The number of rotatable bonds is 4. The lowest BCUT2D eigenvalue weighted by Gasteiger charge is -2.15. The molecule has 1 aromatic carbocycles. The third-order valence-electron chi connectivity index (χ3n) is 2.79. The van der Waals surface area contributed by atoms with Crippen molar-refractivity contribution in [2.45, 2.75) is 10.1 Å². The van der Waals surface area contributed by atoms with Gasteiger partial charge in [-0.05, 0) is 35.9 Å². The van der Waals surface area contributed by atoms with Crippen molar-refractivity contribution in [3.63, 3.8) is 0 Å². The molecule has 1 atom stereocenters. The average molecular weight is 353 g/mol. The van der Waals surface area contributed by atoms with Gasteiger partial charge in [0.15, 0.2) is 9.84 Å². The van der Waals surface area contributed by atoms with Crippen molar-refractivity contribution >= 4 is 34.7 Å². The molecule has 0 bridgehead atoms. The number of nitrogens with two attached hydrogens (primary N) is 1. The molecule has 0 aliphatic carbocycles. The van der Waals surface area contributed by atoms with Gasteiger partial charge in [-0.25, -0.2) is 12.8 Å². The Balaban J connectivity index is 0.00000200. The van der Waals surface area contributed by atoms with Crippen LogP contribution in [0, 0.1) is 5.82 Å². The molecule has 0 spiro atoms. The summed E-state index contributed by atoms with van der Waals surface area (Å²) in [6, 6.07) is 8.02. The molecule has 1 heterocycles. The molecule has 4 nitrogen and oxygen atoms in total. The van der Waals surface area contributed by atoms with Crippen LogP contribution in [0.25, 0.3) is 0 Å². The third-order valence-corrected chi connectivity index (χ3v) is 4.93. The molecule has 0 fully saturated rings. The van der Waals surface area contributed by atoms with Crippen molar-refractivity contribution in [2.24, 2.45) is 5.73 Å². The molecule has 116 valence electrons. The van der Waals surface area contributed by atoms with Crippen molar-refractivity contribution in [2.75, 3.05) is 6.54 Å². The van der Waals surface area contributed by atoms with Crippen molar-refractivity contribution in [1.82, 2.24) is 4.98 Å². The molecule has 21 heavy (non-hydrogen) atoms. The lowest BCUT2D eigenvalue weighted by molar-refractivity contribution is 0.581. The summed E-state index contributed by atoms with van der Waals surface area (Å²) in [5, 5.41) is -0.883. The van der Waals surface area contributed by atoms with Gasteiger partial charge < -0.3 is 5.73 Å². The topological polar surface area (TPSA) is 73.0 Å². The summed E-state index contributed by atoms with van der Waals surface area (Å²) in [4.78, 5) is 3.94. The van der Waals surface area contributed by atoms with Crippen LogP contribution >= 0.6 is 24.8 Å². The third kappa shape index (κ3) is 4.38. The van der Waals surface area contributed by atoms with E-state index in [1.54, 1.807) is 18.3 Å². The van der Waals surface area contributed by atoms with Gasteiger partial charge in [-0.3, -0.25) is 4.98 Å². The summed E-state index contributed by atoms with van der Waals surface area (Å²) in [6.45, 7) is -0.0641. The van der Waals surface area contributed by atoms with Crippen LogP contribution in [-0.2, 0) is 9.84 Å². The number of aromatic nitrogens is 1. The first kappa shape index (κ1) is 19.8. The molecule has 2 N–H and O–H groups in total. The maximum atomic E-state index is 12.9. The average Bonchev–Trinajstić information content (AvgIpc) is 2.41. The predicted octanol–water partition coefficient (Wildman–Crippen LogP) is 2.54. The van der Waals surface area contributed by atoms with Crippen LogP contribution < -0.4 is 5.73 Å². The Morgan fingerprint density at radius 3 is 2.24 bits per heavy atom. The fraction of sp³-hybridized carbons (Fsp3) is 0.154. The van der Waals surface area contributed by atoms with Gasteiger partial charge in [0.2, 0.25) is 0 Å². The lowest BCUT2D eigenvalue weighted by atomic mass is 10.2. The maximum absolute atomic E-state index is 12.9. The number of sulfone groups is 1. The Bertz CT molecular complexity index is 652. The van der Waals surface area contributed by atoms with E-state index in [2.05, 4.69) is 4.98 Å². The van der Waals surface area contributed by atoms with Gasteiger partial charge in [0, 0.05) is 18.9 Å². The van der Waals surface area contributed by atoms with E-state index >= 15 is 0 Å². The second-order valence-corrected chi connectivity index (χ2v) is 6.14. The highest BCUT2D eigenvalue weighted by Crippen LogP contribution is 2.27. The van der Waals surface area contributed by atoms with Crippen LogP contribution in [0.3, 0.4) is 0 Å². The fourth-order valence-corrected chi connectivity index (χ4v) is 3.39. The van der Waals surface area contributed by atoms with Gasteiger partial charge in [0.05, 0.1) is 4.90 Å². The SMILES string of the molecule is Cl.Cl.NCC(c1cccnc1)S(=O)(=O)c1ccc(F)cc1. The Kier molecular flexibility index (Phi) is 7.81. The molecule has 2 aromatic rings. The highest BCUT2D eigenvalue weighted by Gasteiger charge is 2.28. The van der Waals surface area contributed by atoms with E-state index in [0.29, 0.717) is 5.56 Å². The second kappa shape index (κ2) is 8.29. The van der Waals surface area contributed by atoms with Gasteiger partial charge in [-0.2, -0.15) is 0 Å². The maximum Gasteiger partial charge on any atom is 0.186 e. The molecule has 0 aliphatic rings. The lowest BCUT2D eigenvalue weighted by Crippen LogP contribution is -2.22. The smallest absolute Gasteiger partial charge is 0.186 e. The first-order valence-electron chi connectivity index (χ1n) is 5.65. The molecule has 0 aliphatic heterocycles. The van der Waals surface area contributed by atoms with Crippen LogP contribution in [0.15, 0.2) is 53.7 Å². The number of halogens is 3. The summed E-state index contributed by atoms with van der Waals surface area (Å²) in [7, 11) is -3.65. The molecule has 2 rings (SSSR count). The van der Waals surface area contributed by atoms with E-state index in [0.717, 1.165) is 12.1 Å². The van der Waals surface area contributed by atoms with Crippen LogP contribution in [0.2, 0.25) is 0 Å². The highest BCUT2D eigenvalue weighted by molar-refractivity contribution is 7.91. The number of benzene rings is 1. The molecule has 1 aromatic heterocycles. The Labute approximate surface area is 135 Å². The zero-order valence-corrected chi connectivity index (χ0v) is 13.3. The van der Waals surface area contributed by atoms with E-state index in [9.17, 15) is 12.8 Å². The Morgan fingerprint density at radius 1 is 1.14 bits per heavy atom. The summed E-state index contributed by atoms with van der Waals surface area (Å²) in [5.74, 6) is -0.482. The molecular formula is C13H15Cl2FN2O2S. The monoisotopic (exact) mass is 352 g/mol. The van der Waals surface area contributed by atoms with Crippen molar-refractivity contribution in [3.05, 3.63) is 60.2 Å². The van der Waals surface area contributed by atoms with Gasteiger partial charge >= 0.3 is 0 Å². The number of pyridine rings is 1. The van der Waals surface area contributed by atoms with Gasteiger partial charge in [-0.1, -0.05) is 6.07 Å². The zero-order valence-electron chi connectivity index (χ0n) is 10.8. The first-order chi connectivity index (χ1) is 9.05. The van der Waals surface area contributed by atoms with E-state index in [4.69, 9.17) is 5.73 Å². The molecular weight excluding hydrogens is 338 g/mol. The molecule has 1 unspecified atom stereocenters. The normalized spacial score (nSPS) is 11.9. The Morgan fingerprint density at radius 2 is 1.76 bits per heavy atom. The van der Waals surface area contributed by atoms with E-state index in [1.807, 2.05) is 0 Å². The second-order valence-electron chi connectivity index (χ2n) is 4.01. The summed E-state index contributed by atoms with van der Waals surface area (Å²) >= 11 is 0. The van der Waals surface area contributed by atoms with Crippen LogP contribution in [0.5, 0.6) is 0 Å². The zero-order chi connectivity index (χ0) is 13.9. The van der Waals surface area contributed by atoms with Crippen LogP contribution in [0.4, 0.5) is 4.39 Å². The van der Waals surface area contributed by atoms with Crippen LogP contribution in [-0.4, -0.2) is 19.9 Å². The van der Waals surface area contributed by atoms with E-state index in [-0.39, 0.29) is 36.3 Å². The predicted molar refractivity (Wildman–Crippen MR) is 84.1 cm³/mol. The quantitative estimate of drug-likeness (QED) is 0.858. The minimum Gasteiger partial charge on any atom is -0.329 e. The fourth-order valence-electron chi connectivity index (χ4n) is 1.80. The number of nitrogens with zero attached hydrogens (tertiary/aromatic N) is 1.